The molecule has 1 atom stereocenters. The first-order valence-corrected chi connectivity index (χ1v) is 10.4. The molecule has 0 saturated carbocycles. The molecule has 1 saturated heterocycles. The van der Waals surface area contributed by atoms with Crippen molar-refractivity contribution in [3.63, 3.8) is 0 Å². The first-order valence-electron chi connectivity index (χ1n) is 10.4. The van der Waals surface area contributed by atoms with Gasteiger partial charge in [-0.15, -0.1) is 0 Å². The van der Waals surface area contributed by atoms with Crippen LogP contribution >= 0.6 is 0 Å². The standard InChI is InChI=1S/C22H28N6O2/c1-3-6-17-12-20(28-10-9-19(14-28)24-21(29)15-30-4-2)27-22(25-17)26-18-8-5-7-16(11-18)13-23/h5,7-8,11-12,19H,3-4,6,9-10,14-15H2,1-2H3,(H,24,29)(H,25,26,27)/t19-/m0/s1. The fourth-order valence-electron chi connectivity index (χ4n) is 3.43. The summed E-state index contributed by atoms with van der Waals surface area (Å²) < 4.78 is 5.17. The lowest BCUT2D eigenvalue weighted by molar-refractivity contribution is -0.126. The zero-order chi connectivity index (χ0) is 21.3. The van der Waals surface area contributed by atoms with Crippen LogP contribution in [0.1, 0.15) is 37.9 Å². The number of carbonyl (C=O) groups excluding carboxylic acids is 1. The minimum atomic E-state index is -0.0854. The van der Waals surface area contributed by atoms with Gasteiger partial charge in [0.05, 0.1) is 11.6 Å². The molecule has 8 nitrogen and oxygen atoms in total. The molecule has 0 radical (unpaired) electrons. The second kappa shape index (κ2) is 10.6. The maximum Gasteiger partial charge on any atom is 0.246 e. The van der Waals surface area contributed by atoms with Gasteiger partial charge in [-0.2, -0.15) is 10.2 Å². The van der Waals surface area contributed by atoms with E-state index in [0.717, 1.165) is 43.0 Å². The van der Waals surface area contributed by atoms with Crippen molar-refractivity contribution in [2.75, 3.05) is 36.5 Å². The molecule has 8 heteroatoms. The molecule has 1 amide bonds. The number of ether oxygens (including phenoxy) is 1. The van der Waals surface area contributed by atoms with E-state index < -0.39 is 0 Å². The summed E-state index contributed by atoms with van der Waals surface area (Å²) in [6.07, 6.45) is 2.69. The number of nitrogens with zero attached hydrogens (tertiary/aromatic N) is 4. The van der Waals surface area contributed by atoms with Crippen LogP contribution in [0.15, 0.2) is 30.3 Å². The van der Waals surface area contributed by atoms with Gasteiger partial charge < -0.3 is 20.3 Å². The Kier molecular flexibility index (Phi) is 7.57. The molecule has 2 aromatic rings. The van der Waals surface area contributed by atoms with Crippen LogP contribution < -0.4 is 15.5 Å². The minimum absolute atomic E-state index is 0.0752. The smallest absolute Gasteiger partial charge is 0.246 e. The summed E-state index contributed by atoms with van der Waals surface area (Å²) in [5.41, 5.74) is 2.32. The molecule has 1 aromatic heterocycles. The van der Waals surface area contributed by atoms with Gasteiger partial charge in [0.15, 0.2) is 0 Å². The van der Waals surface area contributed by atoms with Crippen molar-refractivity contribution in [2.45, 2.75) is 39.2 Å². The molecule has 1 aromatic carbocycles. The summed E-state index contributed by atoms with van der Waals surface area (Å²) in [6, 6.07) is 11.5. The zero-order valence-corrected chi connectivity index (χ0v) is 17.5. The van der Waals surface area contributed by atoms with Crippen LogP contribution in [-0.2, 0) is 16.0 Å². The topological polar surface area (TPSA) is 103 Å². The Labute approximate surface area is 177 Å². The molecule has 1 aliphatic heterocycles. The van der Waals surface area contributed by atoms with Crippen molar-refractivity contribution in [2.24, 2.45) is 0 Å². The summed E-state index contributed by atoms with van der Waals surface area (Å²) in [7, 11) is 0. The quantitative estimate of drug-likeness (QED) is 0.657. The number of aryl methyl sites for hydroxylation is 1. The third kappa shape index (κ3) is 5.91. The SMILES string of the molecule is CCCc1cc(N2CC[C@H](NC(=O)COCC)C2)nc(Nc2cccc(C#N)c2)n1. The molecule has 30 heavy (non-hydrogen) atoms. The van der Waals surface area contributed by atoms with Crippen LogP contribution in [0.25, 0.3) is 0 Å². The van der Waals surface area contributed by atoms with Crippen molar-refractivity contribution in [3.05, 3.63) is 41.6 Å². The van der Waals surface area contributed by atoms with Crippen LogP contribution in [0, 0.1) is 11.3 Å². The van der Waals surface area contributed by atoms with E-state index in [2.05, 4.69) is 33.5 Å². The first-order chi connectivity index (χ1) is 14.6. The number of amides is 1. The molecule has 1 fully saturated rings. The first kappa shape index (κ1) is 21.5. The number of hydrogen-bond acceptors (Lipinski definition) is 7. The van der Waals surface area contributed by atoms with Crippen LogP contribution in [0.5, 0.6) is 0 Å². The maximum absolute atomic E-state index is 11.9. The fourth-order valence-corrected chi connectivity index (χ4v) is 3.43. The third-order valence-electron chi connectivity index (χ3n) is 4.83. The number of nitrogens with one attached hydrogen (secondary N) is 2. The van der Waals surface area contributed by atoms with Gasteiger partial charge in [-0.05, 0) is 38.0 Å². The highest BCUT2D eigenvalue weighted by Gasteiger charge is 2.25. The number of hydrogen-bond donors (Lipinski definition) is 2. The average molecular weight is 409 g/mol. The Bertz CT molecular complexity index is 911. The molecule has 0 unspecified atom stereocenters. The van der Waals surface area contributed by atoms with Crippen LogP contribution in [0.3, 0.4) is 0 Å². The summed E-state index contributed by atoms with van der Waals surface area (Å²) in [5, 5.41) is 15.4. The molecule has 158 valence electrons. The summed E-state index contributed by atoms with van der Waals surface area (Å²) in [5.74, 6) is 1.27. The van der Waals surface area contributed by atoms with Crippen molar-refractivity contribution in [1.29, 1.82) is 5.26 Å². The number of aromatic nitrogens is 2. The molecule has 0 spiro atoms. The van der Waals surface area contributed by atoms with Gasteiger partial charge >= 0.3 is 0 Å². The van der Waals surface area contributed by atoms with Gasteiger partial charge in [-0.1, -0.05) is 19.4 Å². The molecule has 0 aliphatic carbocycles. The fraction of sp³-hybridized carbons (Fsp3) is 0.455. The van der Waals surface area contributed by atoms with E-state index in [1.807, 2.05) is 25.1 Å². The van der Waals surface area contributed by atoms with Crippen LogP contribution in [-0.4, -0.2) is 48.2 Å². The van der Waals surface area contributed by atoms with Crippen LogP contribution in [0.4, 0.5) is 17.5 Å². The van der Waals surface area contributed by atoms with Gasteiger partial charge in [0, 0.05) is 43.2 Å². The lowest BCUT2D eigenvalue weighted by atomic mass is 10.2. The summed E-state index contributed by atoms with van der Waals surface area (Å²) in [6.45, 7) is 6.12. The molecule has 1 aliphatic rings. The zero-order valence-electron chi connectivity index (χ0n) is 17.5. The van der Waals surface area contributed by atoms with E-state index in [4.69, 9.17) is 15.0 Å². The van der Waals surface area contributed by atoms with Crippen LogP contribution in [0.2, 0.25) is 0 Å². The van der Waals surface area contributed by atoms with Crippen molar-refractivity contribution in [3.8, 4) is 6.07 Å². The third-order valence-corrected chi connectivity index (χ3v) is 4.83. The average Bonchev–Trinajstić information content (AvgIpc) is 3.21. The second-order valence-electron chi connectivity index (χ2n) is 7.24. The molecule has 2 heterocycles. The predicted octanol–water partition coefficient (Wildman–Crippen LogP) is 2.78. The number of anilines is 3. The Balaban J connectivity index is 1.73. The number of carbonyl (C=O) groups is 1. The van der Waals surface area contributed by atoms with Crippen molar-refractivity contribution < 1.29 is 9.53 Å². The van der Waals surface area contributed by atoms with Crippen molar-refractivity contribution >= 4 is 23.4 Å². The van der Waals surface area contributed by atoms with E-state index in [-0.39, 0.29) is 18.6 Å². The molecular weight excluding hydrogens is 380 g/mol. The normalized spacial score (nSPS) is 15.6. The molecule has 2 N–H and O–H groups in total. The van der Waals surface area contributed by atoms with Gasteiger partial charge in [-0.25, -0.2) is 4.98 Å². The largest absolute Gasteiger partial charge is 0.372 e. The van der Waals surface area contributed by atoms with E-state index in [1.54, 1.807) is 12.1 Å². The van der Waals surface area contributed by atoms with Gasteiger partial charge in [0.1, 0.15) is 12.4 Å². The predicted molar refractivity (Wildman–Crippen MR) is 116 cm³/mol. The van der Waals surface area contributed by atoms with E-state index in [0.29, 0.717) is 24.7 Å². The Morgan fingerprint density at radius 1 is 1.33 bits per heavy atom. The van der Waals surface area contributed by atoms with Gasteiger partial charge in [-0.3, -0.25) is 4.79 Å². The molecular formula is C22H28N6O2. The Morgan fingerprint density at radius 2 is 2.20 bits per heavy atom. The van der Waals surface area contributed by atoms with E-state index in [1.165, 1.54) is 0 Å². The van der Waals surface area contributed by atoms with Crippen molar-refractivity contribution in [1.82, 2.24) is 15.3 Å². The van der Waals surface area contributed by atoms with E-state index in [9.17, 15) is 4.79 Å². The number of nitriles is 1. The highest BCUT2D eigenvalue weighted by atomic mass is 16.5. The second-order valence-corrected chi connectivity index (χ2v) is 7.24. The summed E-state index contributed by atoms with van der Waals surface area (Å²) >= 11 is 0. The maximum atomic E-state index is 11.9. The molecule has 3 rings (SSSR count). The highest BCUT2D eigenvalue weighted by molar-refractivity contribution is 5.77. The number of benzene rings is 1. The number of rotatable bonds is 9. The molecule has 0 bridgehead atoms. The lowest BCUT2D eigenvalue weighted by Crippen LogP contribution is -2.39. The van der Waals surface area contributed by atoms with E-state index >= 15 is 0 Å². The summed E-state index contributed by atoms with van der Waals surface area (Å²) in [4.78, 5) is 23.4. The monoisotopic (exact) mass is 408 g/mol. The Hall–Kier alpha value is -3.18. The Morgan fingerprint density at radius 3 is 2.97 bits per heavy atom. The highest BCUT2D eigenvalue weighted by Crippen LogP contribution is 2.23. The lowest BCUT2D eigenvalue weighted by Gasteiger charge is -2.20. The minimum Gasteiger partial charge on any atom is -0.372 e. The van der Waals surface area contributed by atoms with Gasteiger partial charge in [0.25, 0.3) is 0 Å². The van der Waals surface area contributed by atoms with Gasteiger partial charge in [0.2, 0.25) is 11.9 Å².